The Balaban J connectivity index is 1.26. The zero-order chi connectivity index (χ0) is 21.9. The molecule has 1 fully saturated rings. The number of hydrogen-bond donors (Lipinski definition) is 2. The van der Waals surface area contributed by atoms with Crippen LogP contribution in [0.3, 0.4) is 0 Å². The Morgan fingerprint density at radius 1 is 1.12 bits per heavy atom. The van der Waals surface area contributed by atoms with Crippen molar-refractivity contribution >= 4 is 34.3 Å². The topological polar surface area (TPSA) is 73.2 Å². The molecule has 2 N–H and O–H groups in total. The van der Waals surface area contributed by atoms with Gasteiger partial charge in [0.25, 0.3) is 0 Å². The number of halogens is 1. The molecule has 7 nitrogen and oxygen atoms in total. The summed E-state index contributed by atoms with van der Waals surface area (Å²) in [4.78, 5) is 8.94. The Hall–Kier alpha value is -3.29. The molecule has 0 atom stereocenters. The largest absolute Gasteiger partial charge is 0.439 e. The fraction of sp³-hybridized carbons (Fsp3) is 0.250. The molecule has 4 aromatic rings. The fourth-order valence-corrected chi connectivity index (χ4v) is 3.73. The van der Waals surface area contributed by atoms with Crippen molar-refractivity contribution in [2.45, 2.75) is 26.1 Å². The lowest BCUT2D eigenvalue weighted by atomic mass is 10.2. The van der Waals surface area contributed by atoms with Crippen molar-refractivity contribution in [1.29, 1.82) is 0 Å². The van der Waals surface area contributed by atoms with Gasteiger partial charge >= 0.3 is 0 Å². The van der Waals surface area contributed by atoms with Gasteiger partial charge in [0.1, 0.15) is 5.75 Å². The van der Waals surface area contributed by atoms with E-state index in [1.165, 1.54) is 0 Å². The van der Waals surface area contributed by atoms with Gasteiger partial charge in [-0.25, -0.2) is 9.97 Å². The van der Waals surface area contributed by atoms with Crippen molar-refractivity contribution in [1.82, 2.24) is 14.5 Å². The summed E-state index contributed by atoms with van der Waals surface area (Å²) in [6.45, 7) is 5.14. The minimum absolute atomic E-state index is 0.394. The predicted molar refractivity (Wildman–Crippen MR) is 127 cm³/mol. The highest BCUT2D eigenvalue weighted by molar-refractivity contribution is 6.30. The summed E-state index contributed by atoms with van der Waals surface area (Å²) in [5.41, 5.74) is 4.31. The quantitative estimate of drug-likeness (QED) is 0.379. The molecule has 32 heavy (non-hydrogen) atoms. The van der Waals surface area contributed by atoms with E-state index in [1.807, 2.05) is 24.3 Å². The van der Waals surface area contributed by atoms with E-state index >= 15 is 0 Å². The average molecular weight is 450 g/mol. The van der Waals surface area contributed by atoms with Crippen LogP contribution < -0.4 is 15.4 Å². The van der Waals surface area contributed by atoms with Crippen LogP contribution in [0.1, 0.15) is 12.5 Å². The standard InChI is InChI=1S/C24H24ClN5O2/c1-2-30-22-11-18(28-19-14-31-15-19)6-9-21(22)29-24(30)27-12-16-3-7-20(8-4-16)32-23-10-5-17(25)13-26-23/h3-11,13,19,28H,2,12,14-15H2,1H3,(H,27,29). The van der Waals surface area contributed by atoms with Gasteiger partial charge in [-0.05, 0) is 48.9 Å². The van der Waals surface area contributed by atoms with E-state index in [0.29, 0.717) is 23.5 Å². The summed E-state index contributed by atoms with van der Waals surface area (Å²) < 4.78 is 13.2. The number of pyridine rings is 1. The van der Waals surface area contributed by atoms with Gasteiger partial charge < -0.3 is 24.7 Å². The number of aromatic nitrogens is 3. The highest BCUT2D eigenvalue weighted by Crippen LogP contribution is 2.25. The molecule has 0 radical (unpaired) electrons. The predicted octanol–water partition coefficient (Wildman–Crippen LogP) is 5.32. The monoisotopic (exact) mass is 449 g/mol. The van der Waals surface area contributed by atoms with Crippen LogP contribution in [0.25, 0.3) is 11.0 Å². The zero-order valence-corrected chi connectivity index (χ0v) is 18.5. The van der Waals surface area contributed by atoms with Crippen LogP contribution >= 0.6 is 11.6 Å². The van der Waals surface area contributed by atoms with Gasteiger partial charge in [0, 0.05) is 31.0 Å². The molecule has 0 bridgehead atoms. The van der Waals surface area contributed by atoms with E-state index in [4.69, 9.17) is 26.1 Å². The van der Waals surface area contributed by atoms with Crippen molar-refractivity contribution < 1.29 is 9.47 Å². The Bertz CT molecular complexity index is 1200. The van der Waals surface area contributed by atoms with Gasteiger partial charge in [-0.15, -0.1) is 0 Å². The average Bonchev–Trinajstić information content (AvgIpc) is 3.14. The summed E-state index contributed by atoms with van der Waals surface area (Å²) in [5, 5.41) is 7.56. The Labute approximate surface area is 191 Å². The molecule has 2 aromatic heterocycles. The number of benzene rings is 2. The number of aryl methyl sites for hydroxylation is 1. The number of nitrogens with zero attached hydrogens (tertiary/aromatic N) is 3. The second-order valence-electron chi connectivity index (χ2n) is 7.68. The first-order chi connectivity index (χ1) is 15.7. The molecule has 0 aliphatic carbocycles. The first-order valence-electron chi connectivity index (χ1n) is 10.6. The SMILES string of the molecule is CCn1c(NCc2ccc(Oc3ccc(Cl)cn3)cc2)nc2ccc(NC3COC3)cc21. The summed E-state index contributed by atoms with van der Waals surface area (Å²) in [6.07, 6.45) is 1.57. The second kappa shape index (κ2) is 9.06. The molecule has 0 unspecified atom stereocenters. The maximum absolute atomic E-state index is 5.86. The minimum Gasteiger partial charge on any atom is -0.439 e. The maximum atomic E-state index is 5.86. The number of anilines is 2. The van der Waals surface area contributed by atoms with Crippen LogP contribution in [-0.4, -0.2) is 33.8 Å². The van der Waals surface area contributed by atoms with Gasteiger partial charge in [0.2, 0.25) is 11.8 Å². The van der Waals surface area contributed by atoms with Crippen LogP contribution in [0.4, 0.5) is 11.6 Å². The highest BCUT2D eigenvalue weighted by atomic mass is 35.5. The number of rotatable bonds is 8. The maximum Gasteiger partial charge on any atom is 0.219 e. The first-order valence-corrected chi connectivity index (χ1v) is 11.0. The molecular formula is C24H24ClN5O2. The number of ether oxygens (including phenoxy) is 2. The molecule has 0 saturated carbocycles. The van der Waals surface area contributed by atoms with Crippen molar-refractivity contribution in [3.8, 4) is 11.6 Å². The molecule has 1 aliphatic heterocycles. The van der Waals surface area contributed by atoms with Gasteiger partial charge in [0.05, 0.1) is 35.3 Å². The van der Waals surface area contributed by atoms with E-state index < -0.39 is 0 Å². The molecular weight excluding hydrogens is 426 g/mol. The molecule has 1 aliphatic rings. The third-order valence-electron chi connectivity index (χ3n) is 5.37. The number of nitrogens with one attached hydrogen (secondary N) is 2. The second-order valence-corrected chi connectivity index (χ2v) is 8.11. The van der Waals surface area contributed by atoms with Gasteiger partial charge in [-0.1, -0.05) is 23.7 Å². The minimum atomic E-state index is 0.394. The normalized spacial score (nSPS) is 13.7. The summed E-state index contributed by atoms with van der Waals surface area (Å²) >= 11 is 5.86. The summed E-state index contributed by atoms with van der Waals surface area (Å²) in [7, 11) is 0. The van der Waals surface area contributed by atoms with Gasteiger partial charge in [-0.2, -0.15) is 0 Å². The Morgan fingerprint density at radius 3 is 2.66 bits per heavy atom. The van der Waals surface area contributed by atoms with E-state index in [2.05, 4.69) is 45.3 Å². The van der Waals surface area contributed by atoms with Crippen molar-refractivity contribution in [3.05, 3.63) is 71.4 Å². The molecule has 8 heteroatoms. The summed E-state index contributed by atoms with van der Waals surface area (Å²) in [6, 6.07) is 18.1. The van der Waals surface area contributed by atoms with E-state index in [0.717, 1.165) is 53.7 Å². The Morgan fingerprint density at radius 2 is 1.97 bits per heavy atom. The lowest BCUT2D eigenvalue weighted by molar-refractivity contribution is 0.0211. The third kappa shape index (κ3) is 4.49. The molecule has 3 heterocycles. The van der Waals surface area contributed by atoms with Gasteiger partial charge in [-0.3, -0.25) is 0 Å². The van der Waals surface area contributed by atoms with Crippen LogP contribution in [0.15, 0.2) is 60.8 Å². The van der Waals surface area contributed by atoms with Crippen molar-refractivity contribution in [3.63, 3.8) is 0 Å². The fourth-order valence-electron chi connectivity index (χ4n) is 3.62. The van der Waals surface area contributed by atoms with Gasteiger partial charge in [0.15, 0.2) is 0 Å². The van der Waals surface area contributed by atoms with Crippen LogP contribution in [0.5, 0.6) is 11.6 Å². The van der Waals surface area contributed by atoms with Crippen LogP contribution in [-0.2, 0) is 17.8 Å². The Kier molecular flexibility index (Phi) is 5.83. The number of imidazole rings is 1. The number of fused-ring (bicyclic) bond motifs is 1. The van der Waals surface area contributed by atoms with E-state index in [-0.39, 0.29) is 0 Å². The lowest BCUT2D eigenvalue weighted by Crippen LogP contribution is -2.40. The molecule has 2 aromatic carbocycles. The summed E-state index contributed by atoms with van der Waals surface area (Å²) in [5.74, 6) is 2.09. The zero-order valence-electron chi connectivity index (χ0n) is 17.7. The van der Waals surface area contributed by atoms with Crippen molar-refractivity contribution in [2.75, 3.05) is 23.8 Å². The van der Waals surface area contributed by atoms with E-state index in [1.54, 1.807) is 18.3 Å². The molecule has 0 spiro atoms. The highest BCUT2D eigenvalue weighted by Gasteiger charge is 2.18. The molecule has 0 amide bonds. The third-order valence-corrected chi connectivity index (χ3v) is 5.59. The molecule has 164 valence electrons. The molecule has 5 rings (SSSR count). The number of hydrogen-bond acceptors (Lipinski definition) is 6. The smallest absolute Gasteiger partial charge is 0.219 e. The first kappa shape index (κ1) is 20.6. The lowest BCUT2D eigenvalue weighted by Gasteiger charge is -2.27. The van der Waals surface area contributed by atoms with Crippen LogP contribution in [0, 0.1) is 0 Å². The van der Waals surface area contributed by atoms with Crippen LogP contribution in [0.2, 0.25) is 5.02 Å². The molecule has 1 saturated heterocycles. The van der Waals surface area contributed by atoms with Crippen molar-refractivity contribution in [2.24, 2.45) is 0 Å². The van der Waals surface area contributed by atoms with E-state index in [9.17, 15) is 0 Å².